The van der Waals surface area contributed by atoms with E-state index in [-0.39, 0.29) is 17.7 Å². The van der Waals surface area contributed by atoms with Crippen LogP contribution in [0, 0.1) is 11.6 Å². The van der Waals surface area contributed by atoms with Crippen LogP contribution in [-0.4, -0.2) is 7.05 Å². The fraction of sp³-hybridized carbons (Fsp3) is 0.200. The molecular weight excluding hydrogens is 348 g/mol. The Morgan fingerprint density at radius 1 is 1.20 bits per heavy atom. The Morgan fingerprint density at radius 2 is 1.95 bits per heavy atom. The minimum Gasteiger partial charge on any atom is -0.313 e. The van der Waals surface area contributed by atoms with E-state index in [1.165, 1.54) is 24.3 Å². The van der Waals surface area contributed by atoms with Gasteiger partial charge in [-0.05, 0) is 49.4 Å². The smallest absolute Gasteiger partial charge is 0.129 e. The van der Waals surface area contributed by atoms with Crippen molar-refractivity contribution >= 4 is 27.5 Å². The van der Waals surface area contributed by atoms with Gasteiger partial charge in [0, 0.05) is 21.1 Å². The highest BCUT2D eigenvalue weighted by Gasteiger charge is 2.16. The summed E-state index contributed by atoms with van der Waals surface area (Å²) < 4.78 is 27.9. The van der Waals surface area contributed by atoms with Crippen molar-refractivity contribution in [2.24, 2.45) is 0 Å². The fourth-order valence-electron chi connectivity index (χ4n) is 2.07. The number of halogens is 4. The van der Waals surface area contributed by atoms with Crippen molar-refractivity contribution in [3.05, 3.63) is 68.7 Å². The first-order valence-electron chi connectivity index (χ1n) is 6.07. The lowest BCUT2D eigenvalue weighted by atomic mass is 9.98. The molecule has 1 N–H and O–H groups in total. The van der Waals surface area contributed by atoms with Crippen molar-refractivity contribution in [1.82, 2.24) is 5.32 Å². The van der Waals surface area contributed by atoms with E-state index in [2.05, 4.69) is 21.2 Å². The quantitative estimate of drug-likeness (QED) is 0.819. The van der Waals surface area contributed by atoms with E-state index in [1.54, 1.807) is 19.2 Å². The zero-order valence-corrected chi connectivity index (χ0v) is 13.1. The molecule has 0 radical (unpaired) electrons. The summed E-state index contributed by atoms with van der Waals surface area (Å²) in [6, 6.07) is 8.81. The molecule has 0 aliphatic carbocycles. The zero-order valence-electron chi connectivity index (χ0n) is 10.8. The molecule has 0 saturated carbocycles. The summed E-state index contributed by atoms with van der Waals surface area (Å²) in [6.45, 7) is 0. The summed E-state index contributed by atoms with van der Waals surface area (Å²) in [6.07, 6.45) is 0.408. The Hall–Kier alpha value is -0.970. The summed E-state index contributed by atoms with van der Waals surface area (Å²) in [4.78, 5) is 0. The maximum Gasteiger partial charge on any atom is 0.129 e. The van der Waals surface area contributed by atoms with Gasteiger partial charge in [-0.15, -0.1) is 0 Å². The van der Waals surface area contributed by atoms with Gasteiger partial charge in [0.15, 0.2) is 0 Å². The van der Waals surface area contributed by atoms with Crippen LogP contribution < -0.4 is 5.32 Å². The first-order valence-corrected chi connectivity index (χ1v) is 7.24. The first kappa shape index (κ1) is 15.4. The molecule has 106 valence electrons. The van der Waals surface area contributed by atoms with E-state index in [4.69, 9.17) is 11.6 Å². The minimum atomic E-state index is -0.351. The molecule has 2 rings (SSSR count). The highest BCUT2D eigenvalue weighted by atomic mass is 79.9. The molecule has 0 bridgehead atoms. The molecule has 20 heavy (non-hydrogen) atoms. The number of hydrogen-bond donors (Lipinski definition) is 1. The van der Waals surface area contributed by atoms with Crippen LogP contribution in [-0.2, 0) is 6.42 Å². The van der Waals surface area contributed by atoms with Crippen LogP contribution in [0.5, 0.6) is 0 Å². The summed E-state index contributed by atoms with van der Waals surface area (Å²) in [5.41, 5.74) is 1.17. The topological polar surface area (TPSA) is 12.0 Å². The maximum absolute atomic E-state index is 14.0. The van der Waals surface area contributed by atoms with Gasteiger partial charge in [0.2, 0.25) is 0 Å². The van der Waals surface area contributed by atoms with Crippen molar-refractivity contribution in [2.45, 2.75) is 12.5 Å². The van der Waals surface area contributed by atoms with E-state index >= 15 is 0 Å². The van der Waals surface area contributed by atoms with Crippen molar-refractivity contribution in [1.29, 1.82) is 0 Å². The van der Waals surface area contributed by atoms with Crippen LogP contribution in [0.3, 0.4) is 0 Å². The van der Waals surface area contributed by atoms with Gasteiger partial charge in [0.05, 0.1) is 0 Å². The van der Waals surface area contributed by atoms with Gasteiger partial charge in [-0.2, -0.15) is 0 Å². The normalized spacial score (nSPS) is 12.4. The fourth-order valence-corrected chi connectivity index (χ4v) is 2.60. The second kappa shape index (κ2) is 6.66. The van der Waals surface area contributed by atoms with Gasteiger partial charge in [-0.3, -0.25) is 0 Å². The maximum atomic E-state index is 14.0. The zero-order chi connectivity index (χ0) is 14.7. The summed E-state index contributed by atoms with van der Waals surface area (Å²) >= 11 is 9.28. The first-order chi connectivity index (χ1) is 9.51. The van der Waals surface area contributed by atoms with E-state index in [9.17, 15) is 8.78 Å². The molecule has 2 aromatic carbocycles. The third-order valence-corrected chi connectivity index (χ3v) is 3.98. The van der Waals surface area contributed by atoms with Crippen molar-refractivity contribution in [2.75, 3.05) is 7.05 Å². The predicted octanol–water partition coefficient (Wildman–Crippen LogP) is 4.88. The number of likely N-dealkylation sites (N-methyl/N-ethyl adjacent to an activating group) is 1. The average molecular weight is 361 g/mol. The SMILES string of the molecule is CNC(Cc1cc(F)ccc1Cl)c1ccc(Br)cc1F. The highest BCUT2D eigenvalue weighted by molar-refractivity contribution is 9.10. The van der Waals surface area contributed by atoms with E-state index in [0.29, 0.717) is 27.0 Å². The van der Waals surface area contributed by atoms with E-state index in [0.717, 1.165) is 0 Å². The largest absolute Gasteiger partial charge is 0.313 e. The molecule has 1 atom stereocenters. The lowest BCUT2D eigenvalue weighted by molar-refractivity contribution is 0.532. The lowest BCUT2D eigenvalue weighted by Crippen LogP contribution is -2.20. The third kappa shape index (κ3) is 3.57. The molecule has 0 fully saturated rings. The third-order valence-electron chi connectivity index (χ3n) is 3.12. The van der Waals surface area contributed by atoms with Gasteiger partial charge in [-0.25, -0.2) is 8.78 Å². The Morgan fingerprint density at radius 3 is 2.60 bits per heavy atom. The van der Waals surface area contributed by atoms with Crippen LogP contribution in [0.15, 0.2) is 40.9 Å². The van der Waals surface area contributed by atoms with Gasteiger partial charge in [-0.1, -0.05) is 33.6 Å². The molecule has 5 heteroatoms. The van der Waals surface area contributed by atoms with Crippen LogP contribution in [0.1, 0.15) is 17.2 Å². The number of nitrogens with one attached hydrogen (secondary N) is 1. The van der Waals surface area contributed by atoms with Crippen LogP contribution in [0.25, 0.3) is 0 Å². The summed E-state index contributed by atoms with van der Waals surface area (Å²) in [5.74, 6) is -0.665. The Labute approximate surface area is 130 Å². The Bertz CT molecular complexity index is 619. The van der Waals surface area contributed by atoms with Crippen molar-refractivity contribution in [3.63, 3.8) is 0 Å². The molecule has 0 spiro atoms. The minimum absolute atomic E-state index is 0.276. The molecule has 0 aromatic heterocycles. The molecular formula is C15H13BrClF2N. The predicted molar refractivity (Wildman–Crippen MR) is 81.0 cm³/mol. The number of hydrogen-bond acceptors (Lipinski definition) is 1. The molecule has 0 amide bonds. The molecule has 0 heterocycles. The van der Waals surface area contributed by atoms with Gasteiger partial charge in [0.25, 0.3) is 0 Å². The standard InChI is InChI=1S/C15H13BrClF2N/c1-20-15(12-4-2-10(16)8-14(12)19)7-9-6-11(18)3-5-13(9)17/h2-6,8,15,20H,7H2,1H3. The van der Waals surface area contributed by atoms with Gasteiger partial charge >= 0.3 is 0 Å². The van der Waals surface area contributed by atoms with Gasteiger partial charge < -0.3 is 5.32 Å². The second-order valence-corrected chi connectivity index (χ2v) is 5.77. The van der Waals surface area contributed by atoms with E-state index < -0.39 is 0 Å². The summed E-state index contributed by atoms with van der Waals surface area (Å²) in [5, 5.41) is 3.51. The molecule has 1 nitrogen and oxygen atoms in total. The molecule has 0 aliphatic heterocycles. The lowest BCUT2D eigenvalue weighted by Gasteiger charge is -2.18. The Kier molecular flexibility index (Phi) is 5.13. The Balaban J connectivity index is 2.31. The molecule has 2 aromatic rings. The highest BCUT2D eigenvalue weighted by Crippen LogP contribution is 2.27. The molecule has 0 saturated heterocycles. The van der Waals surface area contributed by atoms with Crippen molar-refractivity contribution < 1.29 is 8.78 Å². The molecule has 0 aliphatic rings. The van der Waals surface area contributed by atoms with Crippen LogP contribution in [0.4, 0.5) is 8.78 Å². The van der Waals surface area contributed by atoms with E-state index in [1.807, 2.05) is 0 Å². The molecule has 1 unspecified atom stereocenters. The van der Waals surface area contributed by atoms with Crippen molar-refractivity contribution in [3.8, 4) is 0 Å². The monoisotopic (exact) mass is 359 g/mol. The van der Waals surface area contributed by atoms with Crippen LogP contribution in [0.2, 0.25) is 5.02 Å². The van der Waals surface area contributed by atoms with Crippen LogP contribution >= 0.6 is 27.5 Å². The summed E-state index contributed by atoms with van der Waals surface area (Å²) in [7, 11) is 1.74. The number of rotatable bonds is 4. The average Bonchev–Trinajstić information content (AvgIpc) is 2.40. The number of benzene rings is 2. The second-order valence-electron chi connectivity index (χ2n) is 4.45. The van der Waals surface area contributed by atoms with Gasteiger partial charge in [0.1, 0.15) is 11.6 Å².